The monoisotopic (exact) mass is 296 g/mol. The summed E-state index contributed by atoms with van der Waals surface area (Å²) >= 11 is 5.75. The van der Waals surface area contributed by atoms with Crippen LogP contribution in [0.4, 0.5) is 11.4 Å². The third-order valence-electron chi connectivity index (χ3n) is 2.55. The number of hydrogen-bond acceptors (Lipinski definition) is 3. The van der Waals surface area contributed by atoms with Gasteiger partial charge in [-0.1, -0.05) is 11.6 Å². The molecule has 2 aromatic carbocycles. The molecule has 0 aliphatic carbocycles. The van der Waals surface area contributed by atoms with Crippen LogP contribution in [0, 0.1) is 0 Å². The molecule has 0 aliphatic heterocycles. The van der Waals surface area contributed by atoms with Gasteiger partial charge in [0.1, 0.15) is 0 Å². The molecule has 0 bridgehead atoms. The Morgan fingerprint density at radius 1 is 0.895 bits per heavy atom. The fourth-order valence-corrected chi connectivity index (χ4v) is 2.72. The number of benzene rings is 2. The third kappa shape index (κ3) is 3.39. The Hall–Kier alpha value is -1.72. The first kappa shape index (κ1) is 13.7. The molecule has 0 saturated heterocycles. The van der Waals surface area contributed by atoms with Crippen molar-refractivity contribution in [2.24, 2.45) is 0 Å². The predicted octanol–water partition coefficient (Wildman–Crippen LogP) is 3.18. The van der Waals surface area contributed by atoms with Crippen LogP contribution in [0.3, 0.4) is 0 Å². The summed E-state index contributed by atoms with van der Waals surface area (Å²) in [6.07, 6.45) is 0. The lowest BCUT2D eigenvalue weighted by molar-refractivity contribution is 0.601. The van der Waals surface area contributed by atoms with Crippen molar-refractivity contribution < 1.29 is 8.42 Å². The van der Waals surface area contributed by atoms with E-state index in [1.165, 1.54) is 0 Å². The van der Waals surface area contributed by atoms with Gasteiger partial charge in [0, 0.05) is 23.4 Å². The normalized spacial score (nSPS) is 11.1. The molecule has 0 amide bonds. The summed E-state index contributed by atoms with van der Waals surface area (Å²) in [6, 6.07) is 13.0. The zero-order chi connectivity index (χ0) is 13.9. The van der Waals surface area contributed by atoms with Crippen LogP contribution in [0.5, 0.6) is 0 Å². The minimum Gasteiger partial charge on any atom is -0.388 e. The summed E-state index contributed by atoms with van der Waals surface area (Å²) in [4.78, 5) is 0.210. The van der Waals surface area contributed by atoms with E-state index in [-0.39, 0.29) is 4.90 Å². The summed E-state index contributed by atoms with van der Waals surface area (Å²) in [5.41, 5.74) is 1.33. The maximum atomic E-state index is 12.1. The Morgan fingerprint density at radius 3 is 1.95 bits per heavy atom. The third-order valence-corrected chi connectivity index (χ3v) is 4.20. The van der Waals surface area contributed by atoms with Crippen molar-refractivity contribution in [3.05, 3.63) is 53.6 Å². The lowest BCUT2D eigenvalue weighted by atomic mass is 10.3. The quantitative estimate of drug-likeness (QED) is 0.911. The Bertz CT molecular complexity index is 652. The van der Waals surface area contributed by atoms with E-state index in [1.54, 1.807) is 55.6 Å². The molecule has 0 aromatic heterocycles. The molecule has 0 saturated carbocycles. The van der Waals surface area contributed by atoms with Gasteiger partial charge in [0.05, 0.1) is 4.90 Å². The highest BCUT2D eigenvalue weighted by Crippen LogP contribution is 2.19. The Morgan fingerprint density at radius 2 is 1.42 bits per heavy atom. The number of sulfonamides is 1. The van der Waals surface area contributed by atoms with Gasteiger partial charge in [-0.15, -0.1) is 0 Å². The fourth-order valence-electron chi connectivity index (χ4n) is 1.53. The highest BCUT2D eigenvalue weighted by molar-refractivity contribution is 7.92. The lowest BCUT2D eigenvalue weighted by Gasteiger charge is -2.08. The number of halogens is 1. The second-order valence-corrected chi connectivity index (χ2v) is 6.01. The van der Waals surface area contributed by atoms with Gasteiger partial charge in [-0.2, -0.15) is 0 Å². The van der Waals surface area contributed by atoms with Crippen LogP contribution >= 0.6 is 11.6 Å². The topological polar surface area (TPSA) is 58.2 Å². The molecule has 0 spiro atoms. The van der Waals surface area contributed by atoms with Crippen LogP contribution in [0.25, 0.3) is 0 Å². The molecule has 100 valence electrons. The minimum atomic E-state index is -3.57. The van der Waals surface area contributed by atoms with Crippen molar-refractivity contribution in [2.45, 2.75) is 4.90 Å². The highest BCUT2D eigenvalue weighted by Gasteiger charge is 2.13. The number of nitrogens with one attached hydrogen (secondary N) is 2. The Balaban J connectivity index is 2.24. The summed E-state index contributed by atoms with van der Waals surface area (Å²) in [7, 11) is -1.80. The molecule has 0 radical (unpaired) electrons. The smallest absolute Gasteiger partial charge is 0.261 e. The van der Waals surface area contributed by atoms with Crippen LogP contribution in [0.2, 0.25) is 5.02 Å². The first-order chi connectivity index (χ1) is 9.01. The molecule has 2 aromatic rings. The van der Waals surface area contributed by atoms with E-state index in [0.29, 0.717) is 10.7 Å². The summed E-state index contributed by atoms with van der Waals surface area (Å²) in [5.74, 6) is 0. The van der Waals surface area contributed by atoms with Crippen LogP contribution in [0.1, 0.15) is 0 Å². The maximum Gasteiger partial charge on any atom is 0.261 e. The van der Waals surface area contributed by atoms with Crippen molar-refractivity contribution >= 4 is 33.0 Å². The largest absolute Gasteiger partial charge is 0.388 e. The van der Waals surface area contributed by atoms with E-state index in [9.17, 15) is 8.42 Å². The highest BCUT2D eigenvalue weighted by atomic mass is 35.5. The van der Waals surface area contributed by atoms with Crippen LogP contribution in [-0.2, 0) is 10.0 Å². The van der Waals surface area contributed by atoms with E-state index in [4.69, 9.17) is 11.6 Å². The first-order valence-electron chi connectivity index (χ1n) is 5.57. The predicted molar refractivity (Wildman–Crippen MR) is 78.2 cm³/mol. The van der Waals surface area contributed by atoms with Gasteiger partial charge >= 0.3 is 0 Å². The molecule has 0 heterocycles. The molecule has 0 atom stereocenters. The standard InChI is InChI=1S/C13H13ClN2O2S/c1-15-11-6-8-13(9-7-11)19(17,18)16-12-4-2-10(14)3-5-12/h2-9,15-16H,1H3. The van der Waals surface area contributed by atoms with Gasteiger partial charge < -0.3 is 5.32 Å². The van der Waals surface area contributed by atoms with Crippen LogP contribution in [-0.4, -0.2) is 15.5 Å². The Kier molecular flexibility index (Phi) is 3.97. The van der Waals surface area contributed by atoms with E-state index in [0.717, 1.165) is 5.69 Å². The molecular formula is C13H13ClN2O2S. The van der Waals surface area contributed by atoms with E-state index >= 15 is 0 Å². The second kappa shape index (κ2) is 5.50. The van der Waals surface area contributed by atoms with Crippen molar-refractivity contribution in [2.75, 3.05) is 17.1 Å². The van der Waals surface area contributed by atoms with E-state index in [2.05, 4.69) is 10.0 Å². The average Bonchev–Trinajstić information content (AvgIpc) is 2.41. The second-order valence-electron chi connectivity index (χ2n) is 3.89. The minimum absolute atomic E-state index is 0.210. The van der Waals surface area contributed by atoms with Crippen molar-refractivity contribution in [1.29, 1.82) is 0 Å². The molecule has 0 aliphatic rings. The molecular weight excluding hydrogens is 284 g/mol. The van der Waals surface area contributed by atoms with Crippen molar-refractivity contribution in [3.8, 4) is 0 Å². The van der Waals surface area contributed by atoms with Gasteiger partial charge in [0.25, 0.3) is 10.0 Å². The van der Waals surface area contributed by atoms with Crippen LogP contribution < -0.4 is 10.0 Å². The van der Waals surface area contributed by atoms with Gasteiger partial charge in [-0.05, 0) is 48.5 Å². The molecule has 6 heteroatoms. The van der Waals surface area contributed by atoms with Gasteiger partial charge in [-0.25, -0.2) is 8.42 Å². The molecule has 4 nitrogen and oxygen atoms in total. The molecule has 2 N–H and O–H groups in total. The van der Waals surface area contributed by atoms with Gasteiger partial charge in [0.2, 0.25) is 0 Å². The Labute approximate surface area is 117 Å². The van der Waals surface area contributed by atoms with Gasteiger partial charge in [-0.3, -0.25) is 4.72 Å². The molecule has 2 rings (SSSR count). The SMILES string of the molecule is CNc1ccc(S(=O)(=O)Nc2ccc(Cl)cc2)cc1. The lowest BCUT2D eigenvalue weighted by Crippen LogP contribution is -2.12. The summed E-state index contributed by atoms with van der Waals surface area (Å²) in [5, 5.41) is 3.49. The number of anilines is 2. The van der Waals surface area contributed by atoms with Gasteiger partial charge in [0.15, 0.2) is 0 Å². The maximum absolute atomic E-state index is 12.1. The molecule has 0 unspecified atom stereocenters. The number of hydrogen-bond donors (Lipinski definition) is 2. The zero-order valence-electron chi connectivity index (χ0n) is 10.2. The van der Waals surface area contributed by atoms with Crippen LogP contribution in [0.15, 0.2) is 53.4 Å². The molecule has 19 heavy (non-hydrogen) atoms. The molecule has 0 fully saturated rings. The first-order valence-corrected chi connectivity index (χ1v) is 7.43. The summed E-state index contributed by atoms with van der Waals surface area (Å²) < 4.78 is 26.7. The summed E-state index contributed by atoms with van der Waals surface area (Å²) in [6.45, 7) is 0. The zero-order valence-corrected chi connectivity index (χ0v) is 11.8. The number of rotatable bonds is 4. The van der Waals surface area contributed by atoms with E-state index < -0.39 is 10.0 Å². The van der Waals surface area contributed by atoms with Crippen molar-refractivity contribution in [1.82, 2.24) is 0 Å². The van der Waals surface area contributed by atoms with E-state index in [1.807, 2.05) is 0 Å². The van der Waals surface area contributed by atoms with Crippen molar-refractivity contribution in [3.63, 3.8) is 0 Å². The average molecular weight is 297 g/mol. The fraction of sp³-hybridized carbons (Fsp3) is 0.0769.